The van der Waals surface area contributed by atoms with Crippen LogP contribution in [0.1, 0.15) is 20.8 Å². The first-order valence-electron chi connectivity index (χ1n) is 4.72. The molecule has 0 aliphatic heterocycles. The van der Waals surface area contributed by atoms with E-state index in [1.165, 1.54) is 18.1 Å². The first-order valence-corrected chi connectivity index (χ1v) is 8.96. The molecule has 0 aromatic heterocycles. The van der Waals surface area contributed by atoms with Crippen LogP contribution in [-0.2, 0) is 4.43 Å². The molecule has 0 rings (SSSR count). The zero-order valence-electron chi connectivity index (χ0n) is 8.57. The van der Waals surface area contributed by atoms with Gasteiger partial charge in [0.15, 0.2) is 8.32 Å². The molecule has 0 saturated heterocycles. The molecule has 1 nitrogen and oxygen atoms in total. The van der Waals surface area contributed by atoms with Gasteiger partial charge in [0.1, 0.15) is 0 Å². The van der Waals surface area contributed by atoms with Gasteiger partial charge in [-0.2, -0.15) is 0 Å². The van der Waals surface area contributed by atoms with Crippen molar-refractivity contribution in [3.05, 3.63) is 9.47 Å². The zero-order valence-corrected chi connectivity index (χ0v) is 12.7. The van der Waals surface area contributed by atoms with Gasteiger partial charge in [-0.15, -0.1) is 0 Å². The van der Waals surface area contributed by atoms with Crippen LogP contribution in [0, 0.1) is 0 Å². The Morgan fingerprint density at radius 1 is 1.23 bits per heavy atom. The molecule has 0 bridgehead atoms. The summed E-state index contributed by atoms with van der Waals surface area (Å²) in [4.78, 5) is 1.87. The fraction of sp³-hybridized carbons (Fsp3) is 0.778. The van der Waals surface area contributed by atoms with Crippen molar-refractivity contribution < 1.29 is 4.43 Å². The third-order valence-electron chi connectivity index (χ3n) is 2.57. The van der Waals surface area contributed by atoms with Crippen molar-refractivity contribution in [2.24, 2.45) is 0 Å². The van der Waals surface area contributed by atoms with Crippen molar-refractivity contribution in [2.45, 2.75) is 38.9 Å². The molecule has 0 aromatic carbocycles. The molecule has 13 heavy (non-hydrogen) atoms. The molecule has 0 radical (unpaired) electrons. The van der Waals surface area contributed by atoms with Crippen molar-refractivity contribution >= 4 is 40.2 Å². The minimum atomic E-state index is -1.39. The third kappa shape index (κ3) is 4.77. The second-order valence-electron chi connectivity index (χ2n) is 3.09. The molecule has 0 aliphatic rings. The quantitative estimate of drug-likeness (QED) is 0.645. The van der Waals surface area contributed by atoms with Gasteiger partial charge in [-0.05, 0) is 23.1 Å². The summed E-state index contributed by atoms with van der Waals surface area (Å²) < 4.78 is 7.11. The maximum atomic E-state index is 6.02. The van der Waals surface area contributed by atoms with Crippen LogP contribution in [0.3, 0.4) is 0 Å². The van der Waals surface area contributed by atoms with Crippen molar-refractivity contribution in [2.75, 3.05) is 6.61 Å². The van der Waals surface area contributed by atoms with Gasteiger partial charge < -0.3 is 4.43 Å². The predicted octanol–water partition coefficient (Wildman–Crippen LogP) is 4.64. The summed E-state index contributed by atoms with van der Waals surface area (Å²) in [5.41, 5.74) is 0. The van der Waals surface area contributed by atoms with Crippen molar-refractivity contribution in [3.63, 3.8) is 0 Å². The number of hydrogen-bond donors (Lipinski definition) is 0. The molecular weight excluding hydrogens is 312 g/mol. The van der Waals surface area contributed by atoms with Crippen LogP contribution < -0.4 is 0 Å². The van der Waals surface area contributed by atoms with Gasteiger partial charge in [-0.3, -0.25) is 0 Å². The fourth-order valence-corrected chi connectivity index (χ4v) is 4.34. The molecule has 0 atom stereocenters. The molecule has 0 heterocycles. The minimum absolute atomic E-state index is 0.715. The Hall–Kier alpha value is 0.877. The summed E-state index contributed by atoms with van der Waals surface area (Å²) in [6.07, 6.45) is 0. The lowest BCUT2D eigenvalue weighted by molar-refractivity contribution is 0.341. The maximum absolute atomic E-state index is 6.02. The highest BCUT2D eigenvalue weighted by atomic mass is 79.9. The SMILES string of the molecule is CC[Si](CC)(CC)OCC(Br)=CBr. The van der Waals surface area contributed by atoms with Gasteiger partial charge in [0.2, 0.25) is 0 Å². The van der Waals surface area contributed by atoms with Crippen molar-refractivity contribution in [1.82, 2.24) is 0 Å². The number of halogens is 2. The van der Waals surface area contributed by atoms with E-state index in [1.807, 2.05) is 4.99 Å². The Morgan fingerprint density at radius 3 is 2.00 bits per heavy atom. The average molecular weight is 330 g/mol. The first kappa shape index (κ1) is 13.9. The molecule has 4 heteroatoms. The zero-order chi connectivity index (χ0) is 10.3. The minimum Gasteiger partial charge on any atom is -0.412 e. The van der Waals surface area contributed by atoms with Crippen LogP contribution >= 0.6 is 31.9 Å². The van der Waals surface area contributed by atoms with Crippen molar-refractivity contribution in [1.29, 1.82) is 0 Å². The Labute approximate surface area is 99.3 Å². The van der Waals surface area contributed by atoms with E-state index in [2.05, 4.69) is 52.6 Å². The summed E-state index contributed by atoms with van der Waals surface area (Å²) in [7, 11) is -1.39. The Bertz CT molecular complexity index is 159. The largest absolute Gasteiger partial charge is 0.412 e. The molecule has 0 spiro atoms. The van der Waals surface area contributed by atoms with E-state index in [0.29, 0.717) is 6.61 Å². The molecule has 0 N–H and O–H groups in total. The van der Waals surface area contributed by atoms with Gasteiger partial charge >= 0.3 is 0 Å². The summed E-state index contributed by atoms with van der Waals surface area (Å²) in [6.45, 7) is 7.44. The highest BCUT2D eigenvalue weighted by Gasteiger charge is 2.28. The first-order chi connectivity index (χ1) is 6.14. The monoisotopic (exact) mass is 328 g/mol. The summed E-state index contributed by atoms with van der Waals surface area (Å²) in [5.74, 6) is 0. The molecule has 0 unspecified atom stereocenters. The van der Waals surface area contributed by atoms with Crippen molar-refractivity contribution in [3.8, 4) is 0 Å². The lowest BCUT2D eigenvalue weighted by Crippen LogP contribution is -2.36. The van der Waals surface area contributed by atoms with Gasteiger partial charge in [0, 0.05) is 4.48 Å². The third-order valence-corrected chi connectivity index (χ3v) is 8.82. The molecule has 0 aromatic rings. The number of hydrogen-bond acceptors (Lipinski definition) is 1. The molecule has 0 aliphatic carbocycles. The van der Waals surface area contributed by atoms with Crippen LogP contribution in [-0.4, -0.2) is 14.9 Å². The summed E-state index contributed by atoms with van der Waals surface area (Å²) >= 11 is 6.70. The second kappa shape index (κ2) is 7.21. The van der Waals surface area contributed by atoms with E-state index in [-0.39, 0.29) is 0 Å². The van der Waals surface area contributed by atoms with Gasteiger partial charge in [0.25, 0.3) is 0 Å². The Balaban J connectivity index is 4.10. The fourth-order valence-electron chi connectivity index (χ4n) is 1.31. The van der Waals surface area contributed by atoms with Gasteiger partial charge in [-0.25, -0.2) is 0 Å². The van der Waals surface area contributed by atoms with Crippen LogP contribution in [0.2, 0.25) is 18.1 Å². The summed E-state index contributed by atoms with van der Waals surface area (Å²) in [5, 5.41) is 0. The molecule has 0 fully saturated rings. The van der Waals surface area contributed by atoms with E-state index in [0.717, 1.165) is 4.48 Å². The standard InChI is InChI=1S/C9H18Br2OSi/c1-4-13(5-2,6-3)12-8-9(11)7-10/h7H,4-6,8H2,1-3H3. The molecule has 0 saturated carbocycles. The van der Waals surface area contributed by atoms with Crippen LogP contribution in [0.4, 0.5) is 0 Å². The molecule has 78 valence electrons. The Morgan fingerprint density at radius 2 is 1.69 bits per heavy atom. The van der Waals surface area contributed by atoms with E-state index in [4.69, 9.17) is 4.43 Å². The average Bonchev–Trinajstić information content (AvgIpc) is 2.20. The Kier molecular flexibility index (Phi) is 7.69. The van der Waals surface area contributed by atoms with E-state index in [1.54, 1.807) is 0 Å². The highest BCUT2D eigenvalue weighted by molar-refractivity contribution is 9.14. The lowest BCUT2D eigenvalue weighted by atomic mass is 10.7. The smallest absolute Gasteiger partial charge is 0.192 e. The highest BCUT2D eigenvalue weighted by Crippen LogP contribution is 2.23. The van der Waals surface area contributed by atoms with Crippen LogP contribution in [0.5, 0.6) is 0 Å². The van der Waals surface area contributed by atoms with Crippen LogP contribution in [0.25, 0.3) is 0 Å². The predicted molar refractivity (Wildman–Crippen MR) is 69.1 cm³/mol. The summed E-state index contributed by atoms with van der Waals surface area (Å²) in [6, 6.07) is 3.63. The normalized spacial score (nSPS) is 13.5. The van der Waals surface area contributed by atoms with Gasteiger partial charge in [-0.1, -0.05) is 52.6 Å². The van der Waals surface area contributed by atoms with E-state index < -0.39 is 8.32 Å². The second-order valence-corrected chi connectivity index (χ2v) is 9.34. The van der Waals surface area contributed by atoms with Gasteiger partial charge in [0.05, 0.1) is 6.61 Å². The van der Waals surface area contributed by atoms with E-state index in [9.17, 15) is 0 Å². The maximum Gasteiger partial charge on any atom is 0.192 e. The molecule has 0 amide bonds. The lowest BCUT2D eigenvalue weighted by Gasteiger charge is -2.27. The topological polar surface area (TPSA) is 9.23 Å². The van der Waals surface area contributed by atoms with E-state index >= 15 is 0 Å². The molecular formula is C9H18Br2OSi. The van der Waals surface area contributed by atoms with Crippen LogP contribution in [0.15, 0.2) is 9.47 Å². The number of rotatable bonds is 6.